The van der Waals surface area contributed by atoms with E-state index in [9.17, 15) is 8.42 Å². The van der Waals surface area contributed by atoms with E-state index in [0.717, 1.165) is 12.8 Å². The van der Waals surface area contributed by atoms with Crippen LogP contribution in [0.25, 0.3) is 0 Å². The van der Waals surface area contributed by atoms with Crippen LogP contribution in [0.4, 0.5) is 0 Å². The van der Waals surface area contributed by atoms with Crippen molar-refractivity contribution in [1.82, 2.24) is 0 Å². The van der Waals surface area contributed by atoms with Crippen LogP contribution >= 0.6 is 0 Å². The monoisotopic (exact) mass is 192 g/mol. The van der Waals surface area contributed by atoms with Crippen LogP contribution in [-0.2, 0) is 10.0 Å². The second-order valence-electron chi connectivity index (χ2n) is 3.47. The predicted molar refractivity (Wildman–Crippen MR) is 47.9 cm³/mol. The molecule has 1 saturated carbocycles. The number of rotatable bonds is 2. The van der Waals surface area contributed by atoms with E-state index >= 15 is 0 Å². The van der Waals surface area contributed by atoms with Gasteiger partial charge in [0.15, 0.2) is 0 Å². The van der Waals surface area contributed by atoms with E-state index < -0.39 is 10.0 Å². The first-order chi connectivity index (χ1) is 5.54. The molecule has 5 heteroatoms. The first kappa shape index (κ1) is 9.95. The normalized spacial score (nSPS) is 31.8. The van der Waals surface area contributed by atoms with Gasteiger partial charge in [-0.3, -0.25) is 0 Å². The summed E-state index contributed by atoms with van der Waals surface area (Å²) in [6, 6.07) is 0. The Balaban J connectivity index is 2.47. The van der Waals surface area contributed by atoms with Crippen molar-refractivity contribution in [1.29, 1.82) is 0 Å². The first-order valence-corrected chi connectivity index (χ1v) is 5.86. The van der Waals surface area contributed by atoms with Gasteiger partial charge in [-0.1, -0.05) is 0 Å². The molecule has 0 radical (unpaired) electrons. The molecule has 0 amide bonds. The number of nitrogens with two attached hydrogens (primary N) is 2. The summed E-state index contributed by atoms with van der Waals surface area (Å²) in [5.74, 6) is 0.503. The maximum absolute atomic E-state index is 10.9. The standard InChI is InChI=1S/C7H16N2O2S/c8-5-6-1-3-7(4-2-6)12(9,10)11/h6-7H,1-5,8H2,(H2,9,10,11). The molecule has 0 atom stereocenters. The van der Waals surface area contributed by atoms with Crippen molar-refractivity contribution in [3.63, 3.8) is 0 Å². The Morgan fingerprint density at radius 1 is 1.17 bits per heavy atom. The zero-order chi connectivity index (χ0) is 9.19. The van der Waals surface area contributed by atoms with Crippen molar-refractivity contribution < 1.29 is 8.42 Å². The molecule has 12 heavy (non-hydrogen) atoms. The van der Waals surface area contributed by atoms with Crippen LogP contribution in [-0.4, -0.2) is 20.2 Å². The lowest BCUT2D eigenvalue weighted by atomic mass is 9.89. The molecule has 1 aliphatic carbocycles. The van der Waals surface area contributed by atoms with Crippen molar-refractivity contribution in [2.45, 2.75) is 30.9 Å². The highest BCUT2D eigenvalue weighted by Gasteiger charge is 2.27. The average molecular weight is 192 g/mol. The van der Waals surface area contributed by atoms with E-state index in [1.807, 2.05) is 0 Å². The third kappa shape index (κ3) is 2.43. The van der Waals surface area contributed by atoms with Crippen LogP contribution in [0.3, 0.4) is 0 Å². The topological polar surface area (TPSA) is 86.2 Å². The zero-order valence-corrected chi connectivity index (χ0v) is 7.89. The molecule has 0 bridgehead atoms. The molecule has 1 aliphatic rings. The predicted octanol–water partition coefficient (Wildman–Crippen LogP) is -0.208. The Hall–Kier alpha value is -0.130. The van der Waals surface area contributed by atoms with Gasteiger partial charge in [0, 0.05) is 0 Å². The van der Waals surface area contributed by atoms with E-state index in [2.05, 4.69) is 0 Å². The Morgan fingerprint density at radius 2 is 1.67 bits per heavy atom. The number of hydrogen-bond donors (Lipinski definition) is 2. The molecule has 72 valence electrons. The van der Waals surface area contributed by atoms with Gasteiger partial charge in [-0.2, -0.15) is 0 Å². The summed E-state index contributed by atoms with van der Waals surface area (Å²) < 4.78 is 21.9. The molecule has 0 saturated heterocycles. The third-order valence-corrected chi connectivity index (χ3v) is 3.99. The molecular weight excluding hydrogens is 176 g/mol. The molecule has 0 unspecified atom stereocenters. The molecule has 0 aromatic rings. The van der Waals surface area contributed by atoms with E-state index in [1.54, 1.807) is 0 Å². The maximum atomic E-state index is 10.9. The quantitative estimate of drug-likeness (QED) is 0.635. The summed E-state index contributed by atoms with van der Waals surface area (Å²) in [6.45, 7) is 0.664. The van der Waals surface area contributed by atoms with E-state index in [4.69, 9.17) is 10.9 Å². The second kappa shape index (κ2) is 3.72. The van der Waals surface area contributed by atoms with Crippen molar-refractivity contribution in [2.75, 3.05) is 6.54 Å². The lowest BCUT2D eigenvalue weighted by molar-refractivity contribution is 0.364. The Morgan fingerprint density at radius 3 is 2.00 bits per heavy atom. The van der Waals surface area contributed by atoms with Gasteiger partial charge < -0.3 is 5.73 Å². The zero-order valence-electron chi connectivity index (χ0n) is 7.07. The molecule has 4 N–H and O–H groups in total. The van der Waals surface area contributed by atoms with Crippen LogP contribution in [0.2, 0.25) is 0 Å². The van der Waals surface area contributed by atoms with Gasteiger partial charge in [0.25, 0.3) is 0 Å². The molecule has 1 fully saturated rings. The van der Waals surface area contributed by atoms with Crippen molar-refractivity contribution >= 4 is 10.0 Å². The first-order valence-electron chi connectivity index (χ1n) is 4.25. The van der Waals surface area contributed by atoms with Crippen molar-refractivity contribution in [3.05, 3.63) is 0 Å². The smallest absolute Gasteiger partial charge is 0.211 e. The van der Waals surface area contributed by atoms with E-state index in [1.165, 1.54) is 0 Å². The summed E-state index contributed by atoms with van der Waals surface area (Å²) in [5, 5.41) is 4.72. The molecule has 0 heterocycles. The molecular formula is C7H16N2O2S. The molecule has 0 aromatic carbocycles. The minimum absolute atomic E-state index is 0.319. The molecule has 4 nitrogen and oxygen atoms in total. The Bertz CT molecular complexity index is 230. The SMILES string of the molecule is NCC1CCC(S(N)(=O)=O)CC1. The summed E-state index contributed by atoms with van der Waals surface area (Å²) in [4.78, 5) is 0. The summed E-state index contributed by atoms with van der Waals surface area (Å²) in [6.07, 6.45) is 3.16. The van der Waals surface area contributed by atoms with Crippen LogP contribution in [0, 0.1) is 5.92 Å². The number of sulfonamides is 1. The lowest BCUT2D eigenvalue weighted by Gasteiger charge is -2.25. The molecule has 1 rings (SSSR count). The molecule has 0 aliphatic heterocycles. The van der Waals surface area contributed by atoms with Gasteiger partial charge in [0.1, 0.15) is 0 Å². The maximum Gasteiger partial charge on any atom is 0.211 e. The minimum atomic E-state index is -3.30. The highest BCUT2D eigenvalue weighted by Crippen LogP contribution is 2.26. The fourth-order valence-electron chi connectivity index (χ4n) is 1.70. The third-order valence-electron chi connectivity index (χ3n) is 2.59. The highest BCUT2D eigenvalue weighted by atomic mass is 32.2. The largest absolute Gasteiger partial charge is 0.330 e. The highest BCUT2D eigenvalue weighted by molar-refractivity contribution is 7.89. The minimum Gasteiger partial charge on any atom is -0.330 e. The van der Waals surface area contributed by atoms with Gasteiger partial charge >= 0.3 is 0 Å². The van der Waals surface area contributed by atoms with Gasteiger partial charge in [0.2, 0.25) is 10.0 Å². The van der Waals surface area contributed by atoms with Crippen LogP contribution < -0.4 is 10.9 Å². The van der Waals surface area contributed by atoms with Crippen LogP contribution in [0.5, 0.6) is 0 Å². The molecule has 0 aromatic heterocycles. The number of primary sulfonamides is 1. The van der Waals surface area contributed by atoms with E-state index in [0.29, 0.717) is 25.3 Å². The fraction of sp³-hybridized carbons (Fsp3) is 1.00. The molecule has 0 spiro atoms. The second-order valence-corrected chi connectivity index (χ2v) is 5.31. The Labute approximate surface area is 73.4 Å². The van der Waals surface area contributed by atoms with Crippen LogP contribution in [0.15, 0.2) is 0 Å². The summed E-state index contributed by atoms with van der Waals surface area (Å²) in [7, 11) is -3.30. The van der Waals surface area contributed by atoms with Crippen molar-refractivity contribution in [2.24, 2.45) is 16.8 Å². The fourth-order valence-corrected chi connectivity index (χ4v) is 2.63. The van der Waals surface area contributed by atoms with Crippen molar-refractivity contribution in [3.8, 4) is 0 Å². The Kier molecular flexibility index (Phi) is 3.09. The average Bonchev–Trinajstić information content (AvgIpc) is 2.03. The summed E-state index contributed by atoms with van der Waals surface area (Å²) >= 11 is 0. The summed E-state index contributed by atoms with van der Waals surface area (Å²) in [5.41, 5.74) is 5.48. The van der Waals surface area contributed by atoms with E-state index in [-0.39, 0.29) is 5.25 Å². The van der Waals surface area contributed by atoms with Gasteiger partial charge in [-0.25, -0.2) is 13.6 Å². The van der Waals surface area contributed by atoms with Gasteiger partial charge in [-0.05, 0) is 38.1 Å². The van der Waals surface area contributed by atoms with Gasteiger partial charge in [-0.15, -0.1) is 0 Å². The number of hydrogen-bond acceptors (Lipinski definition) is 3. The van der Waals surface area contributed by atoms with Gasteiger partial charge in [0.05, 0.1) is 5.25 Å². The lowest BCUT2D eigenvalue weighted by Crippen LogP contribution is -2.33. The van der Waals surface area contributed by atoms with Crippen LogP contribution in [0.1, 0.15) is 25.7 Å².